The summed E-state index contributed by atoms with van der Waals surface area (Å²) in [4.78, 5) is 12.2. The van der Waals surface area contributed by atoms with Crippen LogP contribution in [0.4, 0.5) is 0 Å². The maximum Gasteiger partial charge on any atom is 0.277 e. The van der Waals surface area contributed by atoms with E-state index >= 15 is 0 Å². The fraction of sp³-hybridized carbons (Fsp3) is 0.300. The van der Waals surface area contributed by atoms with Gasteiger partial charge in [0, 0.05) is 13.1 Å². The lowest BCUT2D eigenvalue weighted by Gasteiger charge is -2.15. The lowest BCUT2D eigenvalue weighted by Crippen LogP contribution is -2.27. The Morgan fingerprint density at radius 3 is 2.45 bits per heavy atom. The second-order valence-corrected chi connectivity index (χ2v) is 8.93. The van der Waals surface area contributed by atoms with Gasteiger partial charge < -0.3 is 4.74 Å². The molecule has 1 aliphatic heterocycles. The van der Waals surface area contributed by atoms with Crippen molar-refractivity contribution >= 4 is 33.2 Å². The number of hydrogen-bond donors (Lipinski definition) is 1. The van der Waals surface area contributed by atoms with Crippen LogP contribution < -0.4 is 10.2 Å². The van der Waals surface area contributed by atoms with Crippen molar-refractivity contribution in [1.82, 2.24) is 9.73 Å². The van der Waals surface area contributed by atoms with Crippen molar-refractivity contribution in [2.45, 2.75) is 24.7 Å². The number of carbonyl (C=O) groups excluding carboxylic acids is 1. The minimum Gasteiger partial charge on any atom is -0.482 e. The van der Waals surface area contributed by atoms with Crippen LogP contribution in [0.15, 0.2) is 58.5 Å². The van der Waals surface area contributed by atoms with Crippen LogP contribution in [0.1, 0.15) is 25.3 Å². The van der Waals surface area contributed by atoms with Crippen molar-refractivity contribution in [1.29, 1.82) is 0 Å². The van der Waals surface area contributed by atoms with Crippen molar-refractivity contribution in [3.8, 4) is 5.75 Å². The Labute approximate surface area is 175 Å². The first-order valence-corrected chi connectivity index (χ1v) is 11.0. The van der Waals surface area contributed by atoms with Crippen LogP contribution in [-0.4, -0.2) is 44.0 Å². The van der Waals surface area contributed by atoms with Gasteiger partial charge in [-0.1, -0.05) is 35.9 Å². The summed E-state index contributed by atoms with van der Waals surface area (Å²) in [5.74, 6) is -0.0164. The molecule has 1 aliphatic rings. The average Bonchev–Trinajstić information content (AvgIpc) is 3.27. The molecule has 0 unspecified atom stereocenters. The van der Waals surface area contributed by atoms with Gasteiger partial charge in [-0.2, -0.15) is 9.41 Å². The minimum absolute atomic E-state index is 0.229. The van der Waals surface area contributed by atoms with E-state index in [9.17, 15) is 13.2 Å². The Morgan fingerprint density at radius 1 is 1.14 bits per heavy atom. The summed E-state index contributed by atoms with van der Waals surface area (Å²) in [7, 11) is -3.45. The Balaban J connectivity index is 1.58. The van der Waals surface area contributed by atoms with E-state index in [0.29, 0.717) is 35.1 Å². The summed E-state index contributed by atoms with van der Waals surface area (Å²) in [6.45, 7) is 2.62. The first kappa shape index (κ1) is 21.3. The van der Waals surface area contributed by atoms with Crippen molar-refractivity contribution in [2.24, 2.45) is 5.10 Å². The van der Waals surface area contributed by atoms with E-state index in [1.165, 1.54) is 4.31 Å². The third-order valence-electron chi connectivity index (χ3n) is 4.52. The molecule has 0 atom stereocenters. The van der Waals surface area contributed by atoms with E-state index in [1.807, 2.05) is 0 Å². The van der Waals surface area contributed by atoms with E-state index in [-0.39, 0.29) is 11.5 Å². The van der Waals surface area contributed by atoms with Crippen molar-refractivity contribution in [3.63, 3.8) is 0 Å². The Kier molecular flexibility index (Phi) is 6.89. The molecular weight excluding hydrogens is 414 g/mol. The summed E-state index contributed by atoms with van der Waals surface area (Å²) >= 11 is 5.97. The normalized spacial score (nSPS) is 15.3. The molecule has 1 N–H and O–H groups in total. The molecule has 9 heteroatoms. The van der Waals surface area contributed by atoms with Gasteiger partial charge in [0.05, 0.1) is 15.6 Å². The number of hydrogen-bond acceptors (Lipinski definition) is 5. The lowest BCUT2D eigenvalue weighted by atomic mass is 10.1. The van der Waals surface area contributed by atoms with Gasteiger partial charge in [-0.25, -0.2) is 13.8 Å². The molecule has 0 bridgehead atoms. The zero-order chi connectivity index (χ0) is 20.9. The average molecular weight is 436 g/mol. The number of amides is 1. The van der Waals surface area contributed by atoms with Gasteiger partial charge in [-0.05, 0) is 49.6 Å². The van der Waals surface area contributed by atoms with Crippen LogP contribution >= 0.6 is 11.6 Å². The van der Waals surface area contributed by atoms with Crippen LogP contribution in [0.5, 0.6) is 5.75 Å². The molecule has 1 saturated heterocycles. The number of rotatable bonds is 7. The number of sulfonamides is 1. The highest BCUT2D eigenvalue weighted by molar-refractivity contribution is 7.89. The standard InChI is InChI=1S/C20H22ClN3O4S/c1-15(22-23-20(25)14-28-19-7-3-2-6-18(19)21)16-8-10-17(11-9-16)29(26,27)24-12-4-5-13-24/h2-3,6-11H,4-5,12-14H2,1H3,(H,23,25)/b22-15+. The summed E-state index contributed by atoms with van der Waals surface area (Å²) in [5.41, 5.74) is 3.66. The first-order chi connectivity index (χ1) is 13.9. The first-order valence-electron chi connectivity index (χ1n) is 9.19. The Morgan fingerprint density at radius 2 is 1.79 bits per heavy atom. The molecule has 2 aromatic carbocycles. The van der Waals surface area contributed by atoms with Crippen molar-refractivity contribution in [2.75, 3.05) is 19.7 Å². The predicted molar refractivity (Wildman–Crippen MR) is 112 cm³/mol. The largest absolute Gasteiger partial charge is 0.482 e. The highest BCUT2D eigenvalue weighted by atomic mass is 35.5. The molecule has 29 heavy (non-hydrogen) atoms. The molecule has 1 amide bonds. The van der Waals surface area contributed by atoms with Crippen LogP contribution in [0, 0.1) is 0 Å². The van der Waals surface area contributed by atoms with Crippen molar-refractivity contribution < 1.29 is 17.9 Å². The summed E-state index contributed by atoms with van der Waals surface area (Å²) in [5, 5.41) is 4.46. The van der Waals surface area contributed by atoms with E-state index in [4.69, 9.17) is 16.3 Å². The highest BCUT2D eigenvalue weighted by Crippen LogP contribution is 2.23. The zero-order valence-corrected chi connectivity index (χ0v) is 17.5. The van der Waals surface area contributed by atoms with Crippen LogP contribution in [0.2, 0.25) is 5.02 Å². The molecule has 3 rings (SSSR count). The third kappa shape index (κ3) is 5.35. The molecule has 2 aromatic rings. The van der Waals surface area contributed by atoms with Gasteiger partial charge >= 0.3 is 0 Å². The predicted octanol–water partition coefficient (Wildman–Crippen LogP) is 3.04. The SMILES string of the molecule is C/C(=N\NC(=O)COc1ccccc1Cl)c1ccc(S(=O)(=O)N2CCCC2)cc1. The molecule has 0 radical (unpaired) electrons. The number of nitrogens with one attached hydrogen (secondary N) is 1. The van der Waals surface area contributed by atoms with Crippen molar-refractivity contribution in [3.05, 3.63) is 59.1 Å². The van der Waals surface area contributed by atoms with Crippen LogP contribution in [0.3, 0.4) is 0 Å². The number of halogens is 1. The second kappa shape index (κ2) is 9.39. The monoisotopic (exact) mass is 435 g/mol. The van der Waals surface area contributed by atoms with Gasteiger partial charge in [-0.15, -0.1) is 0 Å². The van der Waals surface area contributed by atoms with Gasteiger partial charge in [0.1, 0.15) is 5.75 Å². The molecule has 0 aliphatic carbocycles. The minimum atomic E-state index is -3.45. The van der Waals surface area contributed by atoms with Gasteiger partial charge in [0.25, 0.3) is 5.91 Å². The van der Waals surface area contributed by atoms with E-state index in [2.05, 4.69) is 10.5 Å². The maximum absolute atomic E-state index is 12.6. The fourth-order valence-corrected chi connectivity index (χ4v) is 4.60. The molecule has 0 spiro atoms. The number of para-hydroxylation sites is 1. The quantitative estimate of drug-likeness (QED) is 0.534. The smallest absolute Gasteiger partial charge is 0.277 e. The lowest BCUT2D eigenvalue weighted by molar-refractivity contribution is -0.123. The van der Waals surface area contributed by atoms with Gasteiger partial charge in [0.2, 0.25) is 10.0 Å². The number of nitrogens with zero attached hydrogens (tertiary/aromatic N) is 2. The molecule has 1 fully saturated rings. The van der Waals surface area contributed by atoms with E-state index in [1.54, 1.807) is 55.5 Å². The maximum atomic E-state index is 12.6. The van der Waals surface area contributed by atoms with Gasteiger partial charge in [0.15, 0.2) is 6.61 Å². The Hall–Kier alpha value is -2.42. The number of hydrazone groups is 1. The number of ether oxygens (including phenoxy) is 1. The molecule has 0 saturated carbocycles. The summed E-state index contributed by atoms with van der Waals surface area (Å²) in [6.07, 6.45) is 1.78. The van der Waals surface area contributed by atoms with Crippen LogP contribution in [0.25, 0.3) is 0 Å². The Bertz CT molecular complexity index is 1000. The topological polar surface area (TPSA) is 88.1 Å². The highest BCUT2D eigenvalue weighted by Gasteiger charge is 2.26. The molecule has 0 aromatic heterocycles. The zero-order valence-electron chi connectivity index (χ0n) is 16.0. The van der Waals surface area contributed by atoms with E-state index in [0.717, 1.165) is 12.8 Å². The number of carbonyl (C=O) groups is 1. The summed E-state index contributed by atoms with van der Waals surface area (Å²) in [6, 6.07) is 13.3. The summed E-state index contributed by atoms with van der Waals surface area (Å²) < 4.78 is 32.0. The third-order valence-corrected chi connectivity index (χ3v) is 6.74. The van der Waals surface area contributed by atoms with Crippen LogP contribution in [-0.2, 0) is 14.8 Å². The van der Waals surface area contributed by atoms with Gasteiger partial charge in [-0.3, -0.25) is 4.79 Å². The molecule has 7 nitrogen and oxygen atoms in total. The second-order valence-electron chi connectivity index (χ2n) is 6.59. The molecular formula is C20H22ClN3O4S. The molecule has 1 heterocycles. The fourth-order valence-electron chi connectivity index (χ4n) is 2.89. The van der Waals surface area contributed by atoms with E-state index < -0.39 is 15.9 Å². The molecule has 154 valence electrons. The number of benzene rings is 2.